The van der Waals surface area contributed by atoms with Crippen molar-refractivity contribution in [2.75, 3.05) is 11.9 Å². The Morgan fingerprint density at radius 2 is 1.79 bits per heavy atom. The smallest absolute Gasteiger partial charge is 0.0407 e. The Hall–Kier alpha value is -1.50. The van der Waals surface area contributed by atoms with Crippen LogP contribution in [0.4, 0.5) is 5.69 Å². The van der Waals surface area contributed by atoms with Crippen LogP contribution in [-0.2, 0) is 0 Å². The first-order chi connectivity index (χ1) is 6.79. The summed E-state index contributed by atoms with van der Waals surface area (Å²) in [6, 6.07) is 10.3. The van der Waals surface area contributed by atoms with Gasteiger partial charge in [0, 0.05) is 18.4 Å². The Bertz CT molecular complexity index is 322. The molecule has 14 heavy (non-hydrogen) atoms. The SMILES string of the molecule is C/C=C\C(=C/C)N(C)c1ccccc1. The van der Waals surface area contributed by atoms with Gasteiger partial charge in [-0.15, -0.1) is 0 Å². The van der Waals surface area contributed by atoms with Gasteiger partial charge >= 0.3 is 0 Å². The molecule has 0 aliphatic carbocycles. The lowest BCUT2D eigenvalue weighted by Gasteiger charge is -2.20. The third-order valence-electron chi connectivity index (χ3n) is 2.16. The molecule has 0 radical (unpaired) electrons. The third kappa shape index (κ3) is 2.49. The summed E-state index contributed by atoms with van der Waals surface area (Å²) in [5, 5.41) is 0. The minimum absolute atomic E-state index is 1.21. The molecule has 1 rings (SSSR count). The Labute approximate surface area is 86.4 Å². The van der Waals surface area contributed by atoms with Crippen molar-refractivity contribution >= 4 is 5.69 Å². The van der Waals surface area contributed by atoms with Crippen LogP contribution >= 0.6 is 0 Å². The summed E-state index contributed by atoms with van der Waals surface area (Å²) < 4.78 is 0. The Morgan fingerprint density at radius 1 is 1.14 bits per heavy atom. The van der Waals surface area contributed by atoms with Gasteiger partial charge in [-0.3, -0.25) is 0 Å². The van der Waals surface area contributed by atoms with Crippen molar-refractivity contribution in [2.45, 2.75) is 13.8 Å². The van der Waals surface area contributed by atoms with E-state index in [-0.39, 0.29) is 0 Å². The van der Waals surface area contributed by atoms with Crippen LogP contribution in [0.15, 0.2) is 54.3 Å². The van der Waals surface area contributed by atoms with Crippen LogP contribution < -0.4 is 4.90 Å². The van der Waals surface area contributed by atoms with Gasteiger partial charge in [0.2, 0.25) is 0 Å². The molecule has 0 amide bonds. The monoisotopic (exact) mass is 187 g/mol. The quantitative estimate of drug-likeness (QED) is 0.653. The molecule has 1 aromatic rings. The molecule has 1 aromatic carbocycles. The normalized spacial score (nSPS) is 12.1. The lowest BCUT2D eigenvalue weighted by molar-refractivity contribution is 1.13. The summed E-state index contributed by atoms with van der Waals surface area (Å²) in [7, 11) is 2.07. The van der Waals surface area contributed by atoms with Gasteiger partial charge in [0.15, 0.2) is 0 Å². The van der Waals surface area contributed by atoms with E-state index < -0.39 is 0 Å². The van der Waals surface area contributed by atoms with Crippen molar-refractivity contribution in [1.29, 1.82) is 0 Å². The second-order valence-corrected chi connectivity index (χ2v) is 3.11. The highest BCUT2D eigenvalue weighted by Crippen LogP contribution is 2.16. The topological polar surface area (TPSA) is 3.24 Å². The number of nitrogens with zero attached hydrogens (tertiary/aromatic N) is 1. The molecule has 0 saturated carbocycles. The maximum atomic E-state index is 2.17. The van der Waals surface area contributed by atoms with Crippen LogP contribution in [0.5, 0.6) is 0 Å². The fourth-order valence-corrected chi connectivity index (χ4v) is 1.37. The van der Waals surface area contributed by atoms with E-state index in [0.29, 0.717) is 0 Å². The molecule has 0 fully saturated rings. The van der Waals surface area contributed by atoms with Crippen LogP contribution in [0.3, 0.4) is 0 Å². The minimum Gasteiger partial charge on any atom is -0.345 e. The largest absolute Gasteiger partial charge is 0.345 e. The fraction of sp³-hybridized carbons (Fsp3) is 0.231. The summed E-state index contributed by atoms with van der Waals surface area (Å²) in [5.41, 5.74) is 2.41. The van der Waals surface area contributed by atoms with Crippen molar-refractivity contribution in [2.24, 2.45) is 0 Å². The second kappa shape index (κ2) is 5.28. The summed E-state index contributed by atoms with van der Waals surface area (Å²) in [6.07, 6.45) is 6.26. The molecule has 0 aliphatic heterocycles. The van der Waals surface area contributed by atoms with E-state index in [1.165, 1.54) is 11.4 Å². The van der Waals surface area contributed by atoms with Crippen molar-refractivity contribution in [3.8, 4) is 0 Å². The first-order valence-corrected chi connectivity index (χ1v) is 4.87. The number of likely N-dealkylation sites (N-methyl/N-ethyl adjacent to an activating group) is 1. The number of hydrogen-bond donors (Lipinski definition) is 0. The molecular formula is C13H17N. The zero-order chi connectivity index (χ0) is 10.4. The average molecular weight is 187 g/mol. The maximum absolute atomic E-state index is 2.17. The Morgan fingerprint density at radius 3 is 2.29 bits per heavy atom. The van der Waals surface area contributed by atoms with Crippen LogP contribution in [0, 0.1) is 0 Å². The van der Waals surface area contributed by atoms with Gasteiger partial charge in [-0.25, -0.2) is 0 Å². The van der Waals surface area contributed by atoms with Gasteiger partial charge in [0.1, 0.15) is 0 Å². The predicted molar refractivity (Wildman–Crippen MR) is 63.4 cm³/mol. The van der Waals surface area contributed by atoms with Gasteiger partial charge in [-0.05, 0) is 32.1 Å². The number of anilines is 1. The van der Waals surface area contributed by atoms with Crippen LogP contribution in [0.25, 0.3) is 0 Å². The molecule has 0 spiro atoms. The molecular weight excluding hydrogens is 170 g/mol. The average Bonchev–Trinajstić information content (AvgIpc) is 2.26. The number of allylic oxidation sites excluding steroid dienone is 3. The summed E-state index contributed by atoms with van der Waals surface area (Å²) in [5.74, 6) is 0. The van der Waals surface area contributed by atoms with E-state index >= 15 is 0 Å². The zero-order valence-electron chi connectivity index (χ0n) is 9.07. The molecule has 0 heterocycles. The second-order valence-electron chi connectivity index (χ2n) is 3.11. The molecule has 0 aromatic heterocycles. The molecule has 1 heteroatoms. The number of hydrogen-bond acceptors (Lipinski definition) is 1. The van der Waals surface area contributed by atoms with E-state index in [1.54, 1.807) is 0 Å². The van der Waals surface area contributed by atoms with E-state index in [0.717, 1.165) is 0 Å². The molecule has 0 aliphatic rings. The lowest BCUT2D eigenvalue weighted by atomic mass is 10.2. The number of rotatable bonds is 3. The predicted octanol–water partition coefficient (Wildman–Crippen LogP) is 3.60. The highest BCUT2D eigenvalue weighted by molar-refractivity contribution is 5.53. The van der Waals surface area contributed by atoms with Crippen molar-refractivity contribution < 1.29 is 0 Å². The summed E-state index contributed by atoms with van der Waals surface area (Å²) in [4.78, 5) is 2.17. The molecule has 74 valence electrons. The summed E-state index contributed by atoms with van der Waals surface area (Å²) >= 11 is 0. The Kier molecular flexibility index (Phi) is 3.99. The van der Waals surface area contributed by atoms with Crippen LogP contribution in [-0.4, -0.2) is 7.05 Å². The highest BCUT2D eigenvalue weighted by atomic mass is 15.1. The number of para-hydroxylation sites is 1. The van der Waals surface area contributed by atoms with Gasteiger partial charge in [0.25, 0.3) is 0 Å². The van der Waals surface area contributed by atoms with Crippen LogP contribution in [0.1, 0.15) is 13.8 Å². The standard InChI is InChI=1S/C13H17N/c1-4-9-12(5-2)14(3)13-10-7-6-8-11-13/h4-11H,1-3H3/b9-4-,12-5+. The Balaban J connectivity index is 2.89. The van der Waals surface area contributed by atoms with Gasteiger partial charge in [-0.1, -0.05) is 30.4 Å². The third-order valence-corrected chi connectivity index (χ3v) is 2.16. The van der Waals surface area contributed by atoms with Crippen molar-refractivity contribution in [3.63, 3.8) is 0 Å². The molecule has 0 atom stereocenters. The number of benzene rings is 1. The first kappa shape index (κ1) is 10.6. The van der Waals surface area contributed by atoms with E-state index in [4.69, 9.17) is 0 Å². The minimum atomic E-state index is 1.21. The van der Waals surface area contributed by atoms with Crippen LogP contribution in [0.2, 0.25) is 0 Å². The summed E-state index contributed by atoms with van der Waals surface area (Å²) in [6.45, 7) is 4.08. The van der Waals surface area contributed by atoms with Gasteiger partial charge in [-0.2, -0.15) is 0 Å². The van der Waals surface area contributed by atoms with E-state index in [9.17, 15) is 0 Å². The molecule has 0 bridgehead atoms. The zero-order valence-corrected chi connectivity index (χ0v) is 9.07. The van der Waals surface area contributed by atoms with Gasteiger partial charge < -0.3 is 4.90 Å². The van der Waals surface area contributed by atoms with E-state index in [1.807, 2.05) is 13.0 Å². The van der Waals surface area contributed by atoms with Gasteiger partial charge in [0.05, 0.1) is 0 Å². The van der Waals surface area contributed by atoms with Crippen molar-refractivity contribution in [1.82, 2.24) is 0 Å². The first-order valence-electron chi connectivity index (χ1n) is 4.87. The molecule has 0 saturated heterocycles. The van der Waals surface area contributed by atoms with E-state index in [2.05, 4.69) is 61.4 Å². The highest BCUT2D eigenvalue weighted by Gasteiger charge is 2.01. The van der Waals surface area contributed by atoms with Crippen molar-refractivity contribution in [3.05, 3.63) is 54.3 Å². The lowest BCUT2D eigenvalue weighted by Crippen LogP contribution is -2.14. The molecule has 0 N–H and O–H groups in total. The maximum Gasteiger partial charge on any atom is 0.0407 e. The molecule has 0 unspecified atom stereocenters. The fourth-order valence-electron chi connectivity index (χ4n) is 1.37. The molecule has 1 nitrogen and oxygen atoms in total.